The van der Waals surface area contributed by atoms with E-state index in [-0.39, 0.29) is 19.1 Å². The zero-order valence-corrected chi connectivity index (χ0v) is 24.3. The second-order valence-electron chi connectivity index (χ2n) is 10.9. The number of benzene rings is 2. The standard InChI is InChI=1S/C31H36N4O7/c1-18(2)28(29(38)27-19(3)30(39)35(31(27)40)34(4)5)33-26(37)16-22(21-9-7-6-8-10-21)32-25(36)14-12-20-11-13-23-24(15-20)42-17-41-23/h6-15,18-19,22,27-28H,16-17H2,1-5H3,(H,32,36)(H,33,37)/b14-12+/t19-,22-,27+,28-/m0/s1. The fraction of sp³-hybridized carbons (Fsp3) is 0.387. The van der Waals surface area contributed by atoms with E-state index in [1.165, 1.54) is 11.1 Å². The van der Waals surface area contributed by atoms with Gasteiger partial charge in [0.15, 0.2) is 17.3 Å². The van der Waals surface area contributed by atoms with Gasteiger partial charge in [0.2, 0.25) is 24.5 Å². The van der Waals surface area contributed by atoms with Crippen LogP contribution in [-0.2, 0) is 24.0 Å². The SMILES string of the molecule is CC(C)[C@H](NC(=O)C[C@H](NC(=O)/C=C/c1ccc2c(c1)OCO2)c1ccccc1)C(=O)[C@@H]1C(=O)N(N(C)C)C(=O)[C@H]1C. The van der Waals surface area contributed by atoms with Crippen molar-refractivity contribution >= 4 is 35.5 Å². The number of nitrogens with zero attached hydrogens (tertiary/aromatic N) is 2. The lowest BCUT2D eigenvalue weighted by atomic mass is 9.85. The summed E-state index contributed by atoms with van der Waals surface area (Å²) in [4.78, 5) is 65.4. The number of hydrazine groups is 1. The predicted molar refractivity (Wildman–Crippen MR) is 154 cm³/mol. The van der Waals surface area contributed by atoms with Gasteiger partial charge in [-0.3, -0.25) is 24.0 Å². The number of imide groups is 1. The maximum atomic E-state index is 13.6. The normalized spacial score (nSPS) is 19.5. The van der Waals surface area contributed by atoms with Crippen LogP contribution in [-0.4, -0.2) is 66.4 Å². The van der Waals surface area contributed by atoms with Crippen LogP contribution in [0.1, 0.15) is 44.4 Å². The summed E-state index contributed by atoms with van der Waals surface area (Å²) in [6.45, 7) is 5.21. The molecule has 42 heavy (non-hydrogen) atoms. The average Bonchev–Trinajstić information content (AvgIpc) is 3.51. The molecule has 1 fully saturated rings. The van der Waals surface area contributed by atoms with Gasteiger partial charge in [0.1, 0.15) is 5.92 Å². The first-order valence-electron chi connectivity index (χ1n) is 13.8. The number of Topliss-reactive ketones (excluding diaryl/α,β-unsaturated/α-hetero) is 1. The van der Waals surface area contributed by atoms with E-state index in [4.69, 9.17) is 9.47 Å². The molecule has 2 heterocycles. The van der Waals surface area contributed by atoms with Crippen molar-refractivity contribution in [2.45, 2.75) is 39.3 Å². The lowest BCUT2D eigenvalue weighted by molar-refractivity contribution is -0.155. The number of nitrogens with one attached hydrogen (secondary N) is 2. The highest BCUT2D eigenvalue weighted by Gasteiger charge is 2.51. The van der Waals surface area contributed by atoms with Gasteiger partial charge in [-0.05, 0) is 35.3 Å². The highest BCUT2D eigenvalue weighted by molar-refractivity contribution is 6.16. The van der Waals surface area contributed by atoms with Crippen LogP contribution in [0.2, 0.25) is 0 Å². The summed E-state index contributed by atoms with van der Waals surface area (Å²) in [6.07, 6.45) is 2.85. The van der Waals surface area contributed by atoms with Crippen LogP contribution in [0.4, 0.5) is 0 Å². The quantitative estimate of drug-likeness (QED) is 0.237. The number of ketones is 1. The Morgan fingerprint density at radius 3 is 2.33 bits per heavy atom. The second kappa shape index (κ2) is 13.0. The van der Waals surface area contributed by atoms with Crippen molar-refractivity contribution in [3.05, 3.63) is 65.7 Å². The molecule has 0 aromatic heterocycles. The lowest BCUT2D eigenvalue weighted by Crippen LogP contribution is -2.50. The Bertz CT molecular complexity index is 1390. The molecule has 11 heteroatoms. The highest BCUT2D eigenvalue weighted by atomic mass is 16.7. The van der Waals surface area contributed by atoms with Crippen molar-refractivity contribution in [3.63, 3.8) is 0 Å². The summed E-state index contributed by atoms with van der Waals surface area (Å²) < 4.78 is 10.7. The van der Waals surface area contributed by atoms with Gasteiger partial charge in [-0.15, -0.1) is 0 Å². The van der Waals surface area contributed by atoms with Crippen LogP contribution in [0.25, 0.3) is 6.08 Å². The third kappa shape index (κ3) is 6.68. The Morgan fingerprint density at radius 2 is 1.69 bits per heavy atom. The van der Waals surface area contributed by atoms with Crippen LogP contribution in [0.5, 0.6) is 11.5 Å². The number of fused-ring (bicyclic) bond motifs is 1. The largest absolute Gasteiger partial charge is 0.454 e. The average molecular weight is 577 g/mol. The first-order chi connectivity index (χ1) is 20.0. The molecule has 4 rings (SSSR count). The van der Waals surface area contributed by atoms with E-state index in [9.17, 15) is 24.0 Å². The number of hydrogen-bond acceptors (Lipinski definition) is 8. The van der Waals surface area contributed by atoms with Crippen molar-refractivity contribution in [2.75, 3.05) is 20.9 Å². The van der Waals surface area contributed by atoms with Gasteiger partial charge in [0, 0.05) is 20.2 Å². The Labute approximate surface area is 244 Å². The fourth-order valence-electron chi connectivity index (χ4n) is 5.08. The second-order valence-corrected chi connectivity index (χ2v) is 10.9. The van der Waals surface area contributed by atoms with Crippen LogP contribution in [0.3, 0.4) is 0 Å². The third-order valence-corrected chi connectivity index (χ3v) is 7.30. The molecule has 0 aliphatic carbocycles. The minimum absolute atomic E-state index is 0.149. The van der Waals surface area contributed by atoms with E-state index < -0.39 is 53.3 Å². The maximum Gasteiger partial charge on any atom is 0.255 e. The third-order valence-electron chi connectivity index (χ3n) is 7.30. The van der Waals surface area contributed by atoms with Gasteiger partial charge < -0.3 is 20.1 Å². The Balaban J connectivity index is 1.46. The van der Waals surface area contributed by atoms with E-state index in [2.05, 4.69) is 10.6 Å². The Hall–Kier alpha value is -4.51. The van der Waals surface area contributed by atoms with E-state index in [0.717, 1.165) is 10.6 Å². The van der Waals surface area contributed by atoms with Gasteiger partial charge in [-0.2, -0.15) is 0 Å². The molecule has 0 unspecified atom stereocenters. The highest BCUT2D eigenvalue weighted by Crippen LogP contribution is 2.33. The van der Waals surface area contributed by atoms with Crippen molar-refractivity contribution in [2.24, 2.45) is 17.8 Å². The van der Waals surface area contributed by atoms with E-state index in [1.54, 1.807) is 83.4 Å². The van der Waals surface area contributed by atoms with Crippen LogP contribution in [0.15, 0.2) is 54.6 Å². The van der Waals surface area contributed by atoms with Gasteiger partial charge in [0.05, 0.1) is 24.4 Å². The molecule has 0 radical (unpaired) electrons. The van der Waals surface area contributed by atoms with Crippen LogP contribution >= 0.6 is 0 Å². The molecule has 0 spiro atoms. The zero-order valence-electron chi connectivity index (χ0n) is 24.3. The van der Waals surface area contributed by atoms with Crippen molar-refractivity contribution in [3.8, 4) is 11.5 Å². The zero-order chi connectivity index (χ0) is 30.6. The van der Waals surface area contributed by atoms with E-state index in [1.807, 2.05) is 6.07 Å². The summed E-state index contributed by atoms with van der Waals surface area (Å²) >= 11 is 0. The molecule has 0 bridgehead atoms. The Morgan fingerprint density at radius 1 is 1.00 bits per heavy atom. The molecular formula is C31H36N4O7. The summed E-state index contributed by atoms with van der Waals surface area (Å²) in [5, 5.41) is 7.96. The molecule has 4 atom stereocenters. The lowest BCUT2D eigenvalue weighted by Gasteiger charge is -2.26. The molecule has 2 aromatic rings. The topological polar surface area (TPSA) is 134 Å². The summed E-state index contributed by atoms with van der Waals surface area (Å²) in [7, 11) is 3.11. The molecule has 1 saturated heterocycles. The number of rotatable bonds is 11. The summed E-state index contributed by atoms with van der Waals surface area (Å²) in [5.74, 6) is -3.64. The number of carbonyl (C=O) groups excluding carboxylic acids is 5. The number of hydrogen-bond donors (Lipinski definition) is 2. The van der Waals surface area contributed by atoms with Gasteiger partial charge >= 0.3 is 0 Å². The fourth-order valence-corrected chi connectivity index (χ4v) is 5.08. The minimum atomic E-state index is -1.20. The number of carbonyl (C=O) groups is 5. The monoisotopic (exact) mass is 576 g/mol. The van der Waals surface area contributed by atoms with Crippen molar-refractivity contribution < 1.29 is 33.4 Å². The summed E-state index contributed by atoms with van der Waals surface area (Å²) in [6, 6.07) is 12.7. The molecule has 0 saturated carbocycles. The molecule has 11 nitrogen and oxygen atoms in total. The molecular weight excluding hydrogens is 540 g/mol. The molecule has 222 valence electrons. The maximum absolute atomic E-state index is 13.6. The summed E-state index contributed by atoms with van der Waals surface area (Å²) in [5.41, 5.74) is 1.44. The van der Waals surface area contributed by atoms with Crippen LogP contribution < -0.4 is 20.1 Å². The first kappa shape index (κ1) is 30.4. The van der Waals surface area contributed by atoms with Crippen molar-refractivity contribution in [1.29, 1.82) is 0 Å². The first-order valence-corrected chi connectivity index (χ1v) is 13.8. The van der Waals surface area contributed by atoms with Gasteiger partial charge in [-0.1, -0.05) is 57.2 Å². The number of ether oxygens (including phenoxy) is 2. The smallest absolute Gasteiger partial charge is 0.255 e. The molecule has 2 N–H and O–H groups in total. The predicted octanol–water partition coefficient (Wildman–Crippen LogP) is 2.48. The number of amides is 4. The van der Waals surface area contributed by atoms with Crippen molar-refractivity contribution in [1.82, 2.24) is 20.7 Å². The molecule has 4 amide bonds. The van der Waals surface area contributed by atoms with E-state index >= 15 is 0 Å². The minimum Gasteiger partial charge on any atom is -0.454 e. The molecule has 2 aromatic carbocycles. The molecule has 2 aliphatic rings. The van der Waals surface area contributed by atoms with Crippen LogP contribution in [0, 0.1) is 17.8 Å². The van der Waals surface area contributed by atoms with E-state index in [0.29, 0.717) is 17.1 Å². The van der Waals surface area contributed by atoms with Gasteiger partial charge in [-0.25, -0.2) is 10.0 Å². The van der Waals surface area contributed by atoms with Gasteiger partial charge in [0.25, 0.3) is 5.91 Å². The Kier molecular flexibility index (Phi) is 9.41. The molecule has 2 aliphatic heterocycles.